The summed E-state index contributed by atoms with van der Waals surface area (Å²) >= 11 is 0. The lowest BCUT2D eigenvalue weighted by Crippen LogP contribution is -2.65. The summed E-state index contributed by atoms with van der Waals surface area (Å²) in [4.78, 5) is 16.4. The SMILES string of the molecule is CC(=O)N1CC2(CCN(C3COC3)CC2)CC(O)C1(C)C. The first kappa shape index (κ1) is 15.3. The van der Waals surface area contributed by atoms with E-state index in [2.05, 4.69) is 4.90 Å². The Morgan fingerprint density at radius 1 is 1.24 bits per heavy atom. The molecule has 5 heteroatoms. The number of ether oxygens (including phenoxy) is 1. The summed E-state index contributed by atoms with van der Waals surface area (Å²) in [6.07, 6.45) is 2.52. The smallest absolute Gasteiger partial charge is 0.219 e. The van der Waals surface area contributed by atoms with Gasteiger partial charge in [0.05, 0.1) is 30.9 Å². The maximum Gasteiger partial charge on any atom is 0.219 e. The van der Waals surface area contributed by atoms with Crippen molar-refractivity contribution in [3.05, 3.63) is 0 Å². The maximum absolute atomic E-state index is 12.0. The minimum Gasteiger partial charge on any atom is -0.391 e. The summed E-state index contributed by atoms with van der Waals surface area (Å²) in [6.45, 7) is 10.2. The zero-order chi connectivity index (χ0) is 15.3. The Balaban J connectivity index is 1.69. The molecule has 3 fully saturated rings. The van der Waals surface area contributed by atoms with Crippen LogP contribution in [0.2, 0.25) is 0 Å². The number of hydrogen-bond donors (Lipinski definition) is 1. The monoisotopic (exact) mass is 296 g/mol. The van der Waals surface area contributed by atoms with Crippen molar-refractivity contribution in [3.8, 4) is 0 Å². The molecule has 0 aromatic heterocycles. The molecule has 3 saturated heterocycles. The van der Waals surface area contributed by atoms with Gasteiger partial charge in [0.25, 0.3) is 0 Å². The molecule has 0 aliphatic carbocycles. The summed E-state index contributed by atoms with van der Waals surface area (Å²) in [7, 11) is 0. The average molecular weight is 296 g/mol. The highest BCUT2D eigenvalue weighted by molar-refractivity contribution is 5.74. The third kappa shape index (κ3) is 2.60. The van der Waals surface area contributed by atoms with E-state index in [9.17, 15) is 9.90 Å². The Hall–Kier alpha value is -0.650. The number of amides is 1. The predicted octanol–water partition coefficient (Wildman–Crippen LogP) is 0.859. The molecule has 3 aliphatic rings. The van der Waals surface area contributed by atoms with Gasteiger partial charge in [-0.3, -0.25) is 9.69 Å². The molecule has 0 aromatic rings. The highest BCUT2D eigenvalue weighted by atomic mass is 16.5. The van der Waals surface area contributed by atoms with Gasteiger partial charge in [0.2, 0.25) is 5.91 Å². The third-order valence-electron chi connectivity index (χ3n) is 6.01. The minimum atomic E-state index is -0.448. The van der Waals surface area contributed by atoms with Crippen molar-refractivity contribution in [2.24, 2.45) is 5.41 Å². The Labute approximate surface area is 127 Å². The number of carbonyl (C=O) groups is 1. The second-order valence-corrected chi connectivity index (χ2v) is 7.71. The Bertz CT molecular complexity index is 412. The van der Waals surface area contributed by atoms with Crippen LogP contribution in [-0.2, 0) is 9.53 Å². The van der Waals surface area contributed by atoms with E-state index < -0.39 is 11.6 Å². The molecule has 1 amide bonds. The van der Waals surface area contributed by atoms with Crippen molar-refractivity contribution >= 4 is 5.91 Å². The van der Waals surface area contributed by atoms with Gasteiger partial charge in [-0.25, -0.2) is 0 Å². The van der Waals surface area contributed by atoms with E-state index in [1.54, 1.807) is 6.92 Å². The van der Waals surface area contributed by atoms with Gasteiger partial charge >= 0.3 is 0 Å². The van der Waals surface area contributed by atoms with Crippen LogP contribution in [0.15, 0.2) is 0 Å². The van der Waals surface area contributed by atoms with Crippen LogP contribution in [-0.4, -0.2) is 71.3 Å². The van der Waals surface area contributed by atoms with E-state index >= 15 is 0 Å². The summed E-state index contributed by atoms with van der Waals surface area (Å²) in [6, 6.07) is 0.594. The fraction of sp³-hybridized carbons (Fsp3) is 0.938. The average Bonchev–Trinajstić information content (AvgIpc) is 2.35. The number of piperidine rings is 2. The quantitative estimate of drug-likeness (QED) is 0.780. The highest BCUT2D eigenvalue weighted by Crippen LogP contribution is 2.45. The molecular formula is C16H28N2O3. The van der Waals surface area contributed by atoms with Crippen LogP contribution in [0.3, 0.4) is 0 Å². The van der Waals surface area contributed by atoms with Gasteiger partial charge in [0, 0.05) is 13.5 Å². The Morgan fingerprint density at radius 2 is 1.86 bits per heavy atom. The van der Waals surface area contributed by atoms with Gasteiger partial charge in [-0.15, -0.1) is 0 Å². The molecule has 3 heterocycles. The highest BCUT2D eigenvalue weighted by Gasteiger charge is 2.50. The van der Waals surface area contributed by atoms with Gasteiger partial charge < -0.3 is 14.7 Å². The lowest BCUT2D eigenvalue weighted by Gasteiger charge is -2.56. The molecule has 3 rings (SSSR count). The fourth-order valence-electron chi connectivity index (χ4n) is 4.12. The third-order valence-corrected chi connectivity index (χ3v) is 6.01. The summed E-state index contributed by atoms with van der Waals surface area (Å²) in [5.41, 5.74) is -0.349. The Kier molecular flexibility index (Phi) is 3.79. The number of hydrogen-bond acceptors (Lipinski definition) is 4. The van der Waals surface area contributed by atoms with E-state index in [1.165, 1.54) is 0 Å². The summed E-state index contributed by atoms with van der Waals surface area (Å²) < 4.78 is 5.28. The molecule has 1 atom stereocenters. The van der Waals surface area contributed by atoms with E-state index in [0.717, 1.165) is 52.1 Å². The molecule has 1 N–H and O–H groups in total. The molecule has 0 radical (unpaired) electrons. The molecule has 120 valence electrons. The van der Waals surface area contributed by atoms with Gasteiger partial charge in [0.15, 0.2) is 0 Å². The predicted molar refractivity (Wildman–Crippen MR) is 79.9 cm³/mol. The number of rotatable bonds is 1. The summed E-state index contributed by atoms with van der Waals surface area (Å²) in [5, 5.41) is 10.6. The second-order valence-electron chi connectivity index (χ2n) is 7.71. The Morgan fingerprint density at radius 3 is 2.33 bits per heavy atom. The van der Waals surface area contributed by atoms with Crippen molar-refractivity contribution in [2.75, 3.05) is 32.8 Å². The van der Waals surface area contributed by atoms with Crippen LogP contribution in [0.4, 0.5) is 0 Å². The zero-order valence-corrected chi connectivity index (χ0v) is 13.5. The molecule has 1 unspecified atom stereocenters. The van der Waals surface area contributed by atoms with Gasteiger partial charge in [-0.05, 0) is 51.6 Å². The number of likely N-dealkylation sites (tertiary alicyclic amines) is 2. The molecule has 0 saturated carbocycles. The van der Waals surface area contributed by atoms with Gasteiger partial charge in [0.1, 0.15) is 0 Å². The number of aliphatic hydroxyl groups excluding tert-OH is 1. The number of carbonyl (C=O) groups excluding carboxylic acids is 1. The summed E-state index contributed by atoms with van der Waals surface area (Å²) in [5.74, 6) is 0.0768. The van der Waals surface area contributed by atoms with Crippen molar-refractivity contribution in [2.45, 2.75) is 57.7 Å². The zero-order valence-electron chi connectivity index (χ0n) is 13.5. The standard InChI is InChI=1S/C16H28N2O3/c1-12(19)18-11-16(8-14(20)15(18,2)3)4-6-17(7-5-16)13-9-21-10-13/h13-14,20H,4-11H2,1-3H3. The number of aliphatic hydroxyl groups is 1. The first-order valence-electron chi connectivity index (χ1n) is 8.12. The van der Waals surface area contributed by atoms with Crippen molar-refractivity contribution < 1.29 is 14.6 Å². The molecule has 1 spiro atoms. The van der Waals surface area contributed by atoms with Crippen LogP contribution in [0.1, 0.15) is 40.0 Å². The van der Waals surface area contributed by atoms with Crippen molar-refractivity contribution in [3.63, 3.8) is 0 Å². The molecular weight excluding hydrogens is 268 g/mol. The normalized spacial score (nSPS) is 33.0. The molecule has 0 aromatic carbocycles. The molecule has 21 heavy (non-hydrogen) atoms. The van der Waals surface area contributed by atoms with E-state index in [1.807, 2.05) is 18.7 Å². The van der Waals surface area contributed by atoms with Gasteiger partial charge in [-0.1, -0.05) is 0 Å². The first-order chi connectivity index (χ1) is 9.84. The fourth-order valence-corrected chi connectivity index (χ4v) is 4.12. The second kappa shape index (κ2) is 5.21. The van der Waals surface area contributed by atoms with Crippen LogP contribution in [0, 0.1) is 5.41 Å². The minimum absolute atomic E-state index is 0.0768. The lowest BCUT2D eigenvalue weighted by molar-refractivity contribution is -0.160. The maximum atomic E-state index is 12.0. The van der Waals surface area contributed by atoms with Crippen molar-refractivity contribution in [1.82, 2.24) is 9.80 Å². The van der Waals surface area contributed by atoms with Crippen LogP contribution in [0.25, 0.3) is 0 Å². The molecule has 0 bridgehead atoms. The topological polar surface area (TPSA) is 53.0 Å². The van der Waals surface area contributed by atoms with Crippen molar-refractivity contribution in [1.29, 1.82) is 0 Å². The van der Waals surface area contributed by atoms with E-state index in [0.29, 0.717) is 6.04 Å². The van der Waals surface area contributed by atoms with Gasteiger partial charge in [-0.2, -0.15) is 0 Å². The largest absolute Gasteiger partial charge is 0.391 e. The van der Waals surface area contributed by atoms with E-state index in [4.69, 9.17) is 4.74 Å². The van der Waals surface area contributed by atoms with E-state index in [-0.39, 0.29) is 11.3 Å². The van der Waals surface area contributed by atoms with Crippen LogP contribution in [0.5, 0.6) is 0 Å². The number of nitrogens with zero attached hydrogens (tertiary/aromatic N) is 2. The first-order valence-corrected chi connectivity index (χ1v) is 8.12. The molecule has 3 aliphatic heterocycles. The molecule has 5 nitrogen and oxygen atoms in total. The van der Waals surface area contributed by atoms with Crippen LogP contribution >= 0.6 is 0 Å². The van der Waals surface area contributed by atoms with Crippen LogP contribution < -0.4 is 0 Å². The lowest BCUT2D eigenvalue weighted by atomic mass is 9.67.